The monoisotopic (exact) mass is 324 g/mol. The number of methoxy groups -OCH3 is 1. The summed E-state index contributed by atoms with van der Waals surface area (Å²) in [5.74, 6) is 0.883. The molecule has 1 aromatic carbocycles. The van der Waals surface area contributed by atoms with Gasteiger partial charge in [-0.1, -0.05) is 28.1 Å². The van der Waals surface area contributed by atoms with Gasteiger partial charge in [0, 0.05) is 35.1 Å². The zero-order valence-electron chi connectivity index (χ0n) is 10.9. The highest BCUT2D eigenvalue weighted by Gasteiger charge is 2.03. The number of hydrogen-bond acceptors (Lipinski definition) is 4. The molecule has 0 aliphatic rings. The number of pyridine rings is 1. The van der Waals surface area contributed by atoms with Crippen molar-refractivity contribution in [3.63, 3.8) is 0 Å². The van der Waals surface area contributed by atoms with Crippen molar-refractivity contribution in [2.24, 2.45) is 0 Å². The number of anilines is 1. The van der Waals surface area contributed by atoms with Gasteiger partial charge in [0.1, 0.15) is 5.82 Å². The first-order chi connectivity index (χ1) is 9.33. The zero-order valence-corrected chi connectivity index (χ0v) is 12.4. The van der Waals surface area contributed by atoms with Gasteiger partial charge in [0.05, 0.1) is 19.8 Å². The van der Waals surface area contributed by atoms with Crippen molar-refractivity contribution in [3.8, 4) is 0 Å². The van der Waals surface area contributed by atoms with Crippen LogP contribution in [0.1, 0.15) is 0 Å². The molecule has 0 amide bonds. The molecule has 5 heteroatoms. The quantitative estimate of drug-likeness (QED) is 0.795. The minimum Gasteiger partial charge on any atom is -0.382 e. The summed E-state index contributed by atoms with van der Waals surface area (Å²) in [6.07, 6.45) is 1.81. The zero-order chi connectivity index (χ0) is 13.5. The Labute approximate surface area is 121 Å². The summed E-state index contributed by atoms with van der Waals surface area (Å²) in [5.41, 5.74) is 0. The summed E-state index contributed by atoms with van der Waals surface area (Å²) in [6, 6.07) is 8.09. The SMILES string of the molecule is COCCOCCNc1nccc2c(Br)cccc12. The predicted molar refractivity (Wildman–Crippen MR) is 80.6 cm³/mol. The van der Waals surface area contributed by atoms with E-state index < -0.39 is 0 Å². The number of benzene rings is 1. The van der Waals surface area contributed by atoms with E-state index in [4.69, 9.17) is 9.47 Å². The van der Waals surface area contributed by atoms with Gasteiger partial charge in [0.15, 0.2) is 0 Å². The van der Waals surface area contributed by atoms with Crippen molar-refractivity contribution < 1.29 is 9.47 Å². The van der Waals surface area contributed by atoms with Crippen molar-refractivity contribution in [2.75, 3.05) is 38.8 Å². The van der Waals surface area contributed by atoms with Crippen molar-refractivity contribution in [1.82, 2.24) is 4.98 Å². The molecular weight excluding hydrogens is 308 g/mol. The number of hydrogen-bond donors (Lipinski definition) is 1. The van der Waals surface area contributed by atoms with Crippen molar-refractivity contribution in [3.05, 3.63) is 34.9 Å². The van der Waals surface area contributed by atoms with Gasteiger partial charge < -0.3 is 14.8 Å². The number of rotatable bonds is 7. The lowest BCUT2D eigenvalue weighted by atomic mass is 10.1. The number of nitrogens with one attached hydrogen (secondary N) is 1. The average Bonchev–Trinajstić information content (AvgIpc) is 2.43. The van der Waals surface area contributed by atoms with Crippen molar-refractivity contribution >= 4 is 32.5 Å². The highest BCUT2D eigenvalue weighted by molar-refractivity contribution is 9.10. The maximum absolute atomic E-state index is 5.41. The van der Waals surface area contributed by atoms with Crippen LogP contribution in [-0.4, -0.2) is 38.5 Å². The molecule has 0 saturated heterocycles. The van der Waals surface area contributed by atoms with Crippen LogP contribution in [0.25, 0.3) is 10.8 Å². The minimum absolute atomic E-state index is 0.618. The summed E-state index contributed by atoms with van der Waals surface area (Å²) in [5, 5.41) is 5.55. The maximum atomic E-state index is 5.41. The highest BCUT2D eigenvalue weighted by Crippen LogP contribution is 2.27. The van der Waals surface area contributed by atoms with Gasteiger partial charge in [-0.2, -0.15) is 0 Å². The van der Waals surface area contributed by atoms with Gasteiger partial charge in [0.2, 0.25) is 0 Å². The fourth-order valence-corrected chi connectivity index (χ4v) is 2.29. The Bertz CT molecular complexity index is 534. The first kappa shape index (κ1) is 14.2. The Morgan fingerprint density at radius 2 is 2.05 bits per heavy atom. The Hall–Kier alpha value is -1.17. The fraction of sp³-hybridized carbons (Fsp3) is 0.357. The van der Waals surface area contributed by atoms with E-state index in [0.29, 0.717) is 19.8 Å². The number of ether oxygens (including phenoxy) is 2. The lowest BCUT2D eigenvalue weighted by Crippen LogP contribution is -2.12. The molecule has 2 rings (SSSR count). The van der Waals surface area contributed by atoms with Gasteiger partial charge in [-0.25, -0.2) is 4.98 Å². The van der Waals surface area contributed by atoms with Gasteiger partial charge in [-0.05, 0) is 12.1 Å². The second-order valence-electron chi connectivity index (χ2n) is 4.03. The second-order valence-corrected chi connectivity index (χ2v) is 4.88. The largest absolute Gasteiger partial charge is 0.382 e. The lowest BCUT2D eigenvalue weighted by Gasteiger charge is -2.09. The van der Waals surface area contributed by atoms with Crippen LogP contribution in [0.3, 0.4) is 0 Å². The van der Waals surface area contributed by atoms with E-state index in [1.807, 2.05) is 18.2 Å². The van der Waals surface area contributed by atoms with Gasteiger partial charge >= 0.3 is 0 Å². The summed E-state index contributed by atoms with van der Waals surface area (Å²) >= 11 is 3.55. The van der Waals surface area contributed by atoms with Crippen LogP contribution in [0, 0.1) is 0 Å². The molecule has 1 N–H and O–H groups in total. The normalized spacial score (nSPS) is 10.8. The molecule has 0 saturated carbocycles. The molecule has 4 nitrogen and oxygen atoms in total. The molecule has 1 heterocycles. The number of halogens is 1. The molecule has 102 valence electrons. The summed E-state index contributed by atoms with van der Waals surface area (Å²) in [4.78, 5) is 4.37. The van der Waals surface area contributed by atoms with Crippen LogP contribution in [0.2, 0.25) is 0 Å². The average molecular weight is 325 g/mol. The summed E-state index contributed by atoms with van der Waals surface area (Å²) < 4.78 is 11.4. The Morgan fingerprint density at radius 3 is 2.89 bits per heavy atom. The standard InChI is InChI=1S/C14H17BrN2O2/c1-18-9-10-19-8-7-17-14-12-3-2-4-13(15)11(12)5-6-16-14/h2-6H,7-10H2,1H3,(H,16,17). The van der Waals surface area contributed by atoms with Crippen LogP contribution < -0.4 is 5.32 Å². The Balaban J connectivity index is 1.95. The van der Waals surface area contributed by atoms with Gasteiger partial charge in [-0.3, -0.25) is 0 Å². The fourth-order valence-electron chi connectivity index (χ4n) is 1.80. The predicted octanol–water partition coefficient (Wildman–Crippen LogP) is 3.07. The van der Waals surface area contributed by atoms with Gasteiger partial charge in [-0.15, -0.1) is 0 Å². The van der Waals surface area contributed by atoms with Crippen LogP contribution in [0.15, 0.2) is 34.9 Å². The highest BCUT2D eigenvalue weighted by atomic mass is 79.9. The molecule has 0 fully saturated rings. The molecule has 0 atom stereocenters. The van der Waals surface area contributed by atoms with Gasteiger partial charge in [0.25, 0.3) is 0 Å². The third kappa shape index (κ3) is 3.89. The van der Waals surface area contributed by atoms with Crippen LogP contribution in [-0.2, 0) is 9.47 Å². The van der Waals surface area contributed by atoms with Crippen LogP contribution in [0.4, 0.5) is 5.82 Å². The van der Waals surface area contributed by atoms with Crippen molar-refractivity contribution in [1.29, 1.82) is 0 Å². The topological polar surface area (TPSA) is 43.4 Å². The molecular formula is C14H17BrN2O2. The van der Waals surface area contributed by atoms with Crippen LogP contribution >= 0.6 is 15.9 Å². The maximum Gasteiger partial charge on any atom is 0.133 e. The third-order valence-corrected chi connectivity index (χ3v) is 3.42. The molecule has 0 aliphatic heterocycles. The molecule has 0 spiro atoms. The minimum atomic E-state index is 0.618. The van der Waals surface area contributed by atoms with E-state index in [-0.39, 0.29) is 0 Å². The molecule has 0 radical (unpaired) electrons. The number of aromatic nitrogens is 1. The van der Waals surface area contributed by atoms with E-state index >= 15 is 0 Å². The molecule has 0 bridgehead atoms. The lowest BCUT2D eigenvalue weighted by molar-refractivity contribution is 0.0759. The molecule has 0 aliphatic carbocycles. The van der Waals surface area contributed by atoms with Crippen LogP contribution in [0.5, 0.6) is 0 Å². The number of nitrogens with zero attached hydrogens (tertiary/aromatic N) is 1. The molecule has 1 aromatic heterocycles. The molecule has 0 unspecified atom stereocenters. The third-order valence-electron chi connectivity index (χ3n) is 2.72. The molecule has 2 aromatic rings. The first-order valence-corrected chi connectivity index (χ1v) is 6.96. The second kappa shape index (κ2) is 7.43. The first-order valence-electron chi connectivity index (χ1n) is 6.16. The number of fused-ring (bicyclic) bond motifs is 1. The van der Waals surface area contributed by atoms with E-state index in [2.05, 4.69) is 32.3 Å². The summed E-state index contributed by atoms with van der Waals surface area (Å²) in [6.45, 7) is 2.60. The van der Waals surface area contributed by atoms with Crippen molar-refractivity contribution in [2.45, 2.75) is 0 Å². The summed E-state index contributed by atoms with van der Waals surface area (Å²) in [7, 11) is 1.67. The molecule has 19 heavy (non-hydrogen) atoms. The Kier molecular flexibility index (Phi) is 5.57. The van der Waals surface area contributed by atoms with E-state index in [1.54, 1.807) is 13.3 Å². The van der Waals surface area contributed by atoms with E-state index in [9.17, 15) is 0 Å². The smallest absolute Gasteiger partial charge is 0.133 e. The van der Waals surface area contributed by atoms with E-state index in [0.717, 1.165) is 27.6 Å². The Morgan fingerprint density at radius 1 is 1.16 bits per heavy atom. The van der Waals surface area contributed by atoms with E-state index in [1.165, 1.54) is 0 Å².